The van der Waals surface area contributed by atoms with E-state index in [0.717, 1.165) is 22.6 Å². The quantitative estimate of drug-likeness (QED) is 0.470. The fourth-order valence-corrected chi connectivity index (χ4v) is 3.86. The van der Waals surface area contributed by atoms with Crippen LogP contribution in [-0.4, -0.2) is 39.6 Å². The predicted molar refractivity (Wildman–Crippen MR) is 104 cm³/mol. The molecule has 0 bridgehead atoms. The Morgan fingerprint density at radius 2 is 1.88 bits per heavy atom. The van der Waals surface area contributed by atoms with E-state index >= 15 is 0 Å². The van der Waals surface area contributed by atoms with Crippen LogP contribution in [0.25, 0.3) is 11.8 Å². The molecule has 1 saturated heterocycles. The molecule has 1 aliphatic rings. The van der Waals surface area contributed by atoms with E-state index in [0.29, 0.717) is 10.1 Å². The van der Waals surface area contributed by atoms with Crippen molar-refractivity contribution in [1.82, 2.24) is 9.47 Å². The lowest BCUT2D eigenvalue weighted by Gasteiger charge is -2.09. The summed E-state index contributed by atoms with van der Waals surface area (Å²) in [7, 11) is 3.37. The summed E-state index contributed by atoms with van der Waals surface area (Å²) < 4.78 is 2.01. The number of hydrogen-bond donors (Lipinski definition) is 0. The van der Waals surface area contributed by atoms with Crippen LogP contribution >= 0.6 is 11.8 Å². The summed E-state index contributed by atoms with van der Waals surface area (Å²) in [5, 5.41) is 11.5. The Labute approximate surface area is 155 Å². The summed E-state index contributed by atoms with van der Waals surface area (Å²) >= 11 is 1.35. The zero-order chi connectivity index (χ0) is 19.0. The molecule has 3 rings (SSSR count). The molecule has 26 heavy (non-hydrogen) atoms. The van der Waals surface area contributed by atoms with E-state index in [1.54, 1.807) is 26.2 Å². The van der Waals surface area contributed by atoms with Gasteiger partial charge in [0.25, 0.3) is 11.6 Å². The van der Waals surface area contributed by atoms with E-state index in [9.17, 15) is 14.9 Å². The summed E-state index contributed by atoms with van der Waals surface area (Å²) in [6, 6.07) is 8.42. The van der Waals surface area contributed by atoms with Crippen molar-refractivity contribution in [2.45, 2.75) is 13.8 Å². The number of amides is 1. The van der Waals surface area contributed by atoms with Crippen molar-refractivity contribution in [2.75, 3.05) is 14.1 Å². The Kier molecular flexibility index (Phi) is 4.69. The topological polar surface area (TPSA) is 80.7 Å². The Hall–Kier alpha value is -2.87. The molecule has 1 fully saturated rings. The largest absolute Gasteiger partial charge is 0.318 e. The number of hydrogen-bond acceptors (Lipinski definition) is 5. The van der Waals surface area contributed by atoms with Gasteiger partial charge in [-0.25, -0.2) is 0 Å². The number of thioether (sulfide) groups is 1. The molecule has 8 heteroatoms. The number of aromatic nitrogens is 1. The second-order valence-corrected chi connectivity index (χ2v) is 6.93. The van der Waals surface area contributed by atoms with Crippen molar-refractivity contribution in [3.63, 3.8) is 0 Å². The molecular weight excluding hydrogens is 352 g/mol. The first-order valence-corrected chi connectivity index (χ1v) is 8.73. The van der Waals surface area contributed by atoms with Gasteiger partial charge in [0.05, 0.1) is 9.83 Å². The van der Waals surface area contributed by atoms with Gasteiger partial charge >= 0.3 is 0 Å². The Morgan fingerprint density at radius 3 is 2.42 bits per heavy atom. The van der Waals surface area contributed by atoms with Crippen LogP contribution < -0.4 is 0 Å². The molecule has 0 atom stereocenters. The first-order valence-electron chi connectivity index (χ1n) is 7.91. The van der Waals surface area contributed by atoms with Gasteiger partial charge in [0.1, 0.15) is 0 Å². The summed E-state index contributed by atoms with van der Waals surface area (Å²) in [5.41, 5.74) is 3.77. The minimum Gasteiger partial charge on any atom is -0.318 e. The second-order valence-electron chi connectivity index (χ2n) is 5.92. The molecule has 0 radical (unpaired) electrons. The number of likely N-dealkylation sites (N-methyl/N-ethyl adjacent to an activating group) is 1. The molecule has 0 aliphatic carbocycles. The van der Waals surface area contributed by atoms with Crippen LogP contribution in [0.5, 0.6) is 0 Å². The lowest BCUT2D eigenvalue weighted by molar-refractivity contribution is -0.384. The lowest BCUT2D eigenvalue weighted by Crippen LogP contribution is -2.23. The van der Waals surface area contributed by atoms with Crippen molar-refractivity contribution in [3.8, 4) is 5.69 Å². The number of nitro groups is 1. The van der Waals surface area contributed by atoms with Gasteiger partial charge in [-0.15, -0.1) is 0 Å². The van der Waals surface area contributed by atoms with Gasteiger partial charge < -0.3 is 4.57 Å². The van der Waals surface area contributed by atoms with Gasteiger partial charge in [0.15, 0.2) is 5.17 Å². The molecule has 1 aromatic heterocycles. The molecule has 1 aliphatic heterocycles. The third kappa shape index (κ3) is 3.03. The minimum atomic E-state index is -0.415. The van der Waals surface area contributed by atoms with E-state index < -0.39 is 4.92 Å². The smallest absolute Gasteiger partial charge is 0.269 e. The summed E-state index contributed by atoms with van der Waals surface area (Å²) in [4.78, 5) is 29.0. The molecular formula is C18H18N4O3S. The molecule has 7 nitrogen and oxygen atoms in total. The molecule has 0 spiro atoms. The van der Waals surface area contributed by atoms with Crippen LogP contribution in [0.3, 0.4) is 0 Å². The van der Waals surface area contributed by atoms with Crippen molar-refractivity contribution in [3.05, 3.63) is 62.3 Å². The molecule has 0 N–H and O–H groups in total. The van der Waals surface area contributed by atoms with Crippen LogP contribution in [0.2, 0.25) is 0 Å². The molecule has 1 amide bonds. The minimum absolute atomic E-state index is 0.0564. The lowest BCUT2D eigenvalue weighted by atomic mass is 10.2. The molecule has 2 heterocycles. The average molecular weight is 370 g/mol. The van der Waals surface area contributed by atoms with Crippen molar-refractivity contribution < 1.29 is 9.72 Å². The number of benzene rings is 1. The van der Waals surface area contributed by atoms with Gasteiger partial charge in [-0.05, 0) is 55.4 Å². The van der Waals surface area contributed by atoms with Crippen LogP contribution in [0.1, 0.15) is 17.0 Å². The number of nitrogens with zero attached hydrogens (tertiary/aromatic N) is 4. The van der Waals surface area contributed by atoms with Crippen LogP contribution in [0.15, 0.2) is 40.2 Å². The highest BCUT2D eigenvalue weighted by atomic mass is 32.2. The van der Waals surface area contributed by atoms with E-state index in [4.69, 9.17) is 0 Å². The Morgan fingerprint density at radius 1 is 1.23 bits per heavy atom. The SMILES string of the molecule is CN=C1S/C(=C\c2cc(C)n(-c3ccc([N+](=O)[O-])cc3)c2C)C(=O)N1C. The van der Waals surface area contributed by atoms with Crippen LogP contribution in [-0.2, 0) is 4.79 Å². The predicted octanol–water partition coefficient (Wildman–Crippen LogP) is 3.53. The second kappa shape index (κ2) is 6.80. The number of carbonyl (C=O) groups is 1. The molecule has 0 saturated carbocycles. The number of aliphatic imine (C=N–C) groups is 1. The van der Waals surface area contributed by atoms with E-state index in [2.05, 4.69) is 4.99 Å². The highest BCUT2D eigenvalue weighted by Crippen LogP contribution is 2.33. The van der Waals surface area contributed by atoms with E-state index in [-0.39, 0.29) is 11.6 Å². The number of carbonyl (C=O) groups excluding carboxylic acids is 1. The number of nitro benzene ring substituents is 1. The van der Waals surface area contributed by atoms with Crippen LogP contribution in [0, 0.1) is 24.0 Å². The van der Waals surface area contributed by atoms with Gasteiger partial charge in [0.2, 0.25) is 0 Å². The third-order valence-electron chi connectivity index (χ3n) is 4.27. The van der Waals surface area contributed by atoms with E-state index in [1.807, 2.05) is 30.6 Å². The fourth-order valence-electron chi connectivity index (χ4n) is 2.95. The molecule has 1 aromatic carbocycles. The van der Waals surface area contributed by atoms with Gasteiger partial charge in [0, 0.05) is 43.3 Å². The normalized spacial score (nSPS) is 17.5. The standard InChI is InChI=1S/C18H18N4O3S/c1-11-9-13(10-16-17(23)20(4)18(19-3)26-16)12(2)21(11)14-5-7-15(8-6-14)22(24)25/h5-10H,1-4H3/b16-10-,19-18?. The first-order chi connectivity index (χ1) is 12.3. The highest BCUT2D eigenvalue weighted by Gasteiger charge is 2.30. The fraction of sp³-hybridized carbons (Fsp3) is 0.222. The van der Waals surface area contributed by atoms with Crippen molar-refractivity contribution in [2.24, 2.45) is 4.99 Å². The maximum atomic E-state index is 12.3. The molecule has 2 aromatic rings. The number of non-ortho nitro benzene ring substituents is 1. The Bertz CT molecular complexity index is 958. The molecule has 0 unspecified atom stereocenters. The number of amidine groups is 1. The summed E-state index contributed by atoms with van der Waals surface area (Å²) in [6.45, 7) is 3.93. The highest BCUT2D eigenvalue weighted by molar-refractivity contribution is 8.18. The zero-order valence-electron chi connectivity index (χ0n) is 14.9. The van der Waals surface area contributed by atoms with Gasteiger partial charge in [-0.1, -0.05) is 0 Å². The summed E-state index contributed by atoms with van der Waals surface area (Å²) in [5.74, 6) is -0.0734. The maximum absolute atomic E-state index is 12.3. The number of rotatable bonds is 3. The number of aryl methyl sites for hydroxylation is 1. The zero-order valence-corrected chi connectivity index (χ0v) is 15.7. The molecule has 134 valence electrons. The first kappa shape index (κ1) is 17.9. The average Bonchev–Trinajstić information content (AvgIpc) is 3.05. The van der Waals surface area contributed by atoms with E-state index in [1.165, 1.54) is 28.8 Å². The van der Waals surface area contributed by atoms with Crippen molar-refractivity contribution in [1.29, 1.82) is 0 Å². The Balaban J connectivity index is 2.00. The van der Waals surface area contributed by atoms with Gasteiger partial charge in [-0.2, -0.15) is 0 Å². The summed E-state index contributed by atoms with van der Waals surface area (Å²) in [6.07, 6.45) is 1.87. The monoisotopic (exact) mass is 370 g/mol. The third-order valence-corrected chi connectivity index (χ3v) is 5.42. The van der Waals surface area contributed by atoms with Gasteiger partial charge in [-0.3, -0.25) is 24.8 Å². The maximum Gasteiger partial charge on any atom is 0.269 e. The van der Waals surface area contributed by atoms with Crippen LogP contribution in [0.4, 0.5) is 5.69 Å². The van der Waals surface area contributed by atoms with Crippen molar-refractivity contribution >= 4 is 34.6 Å².